The van der Waals surface area contributed by atoms with E-state index in [0.29, 0.717) is 4.90 Å². The maximum absolute atomic E-state index is 12.7. The van der Waals surface area contributed by atoms with E-state index >= 15 is 0 Å². The summed E-state index contributed by atoms with van der Waals surface area (Å²) < 4.78 is 55.0. The van der Waals surface area contributed by atoms with Crippen LogP contribution in [-0.2, 0) is 20.4 Å². The molecule has 0 bridgehead atoms. The molecule has 0 unspecified atom stereocenters. The van der Waals surface area contributed by atoms with Gasteiger partial charge in [0.05, 0.1) is 11.5 Å². The molecule has 1 aromatic carbocycles. The molecule has 2 amide bonds. The van der Waals surface area contributed by atoms with E-state index in [1.54, 1.807) is 0 Å². The summed E-state index contributed by atoms with van der Waals surface area (Å²) in [5, 5.41) is 20.8. The van der Waals surface area contributed by atoms with Gasteiger partial charge in [0.2, 0.25) is 5.88 Å². The number of aromatic nitrogens is 1. The fourth-order valence-electron chi connectivity index (χ4n) is 2.65. The van der Waals surface area contributed by atoms with Gasteiger partial charge in [0, 0.05) is 18.8 Å². The number of likely N-dealkylation sites (N-methyl/N-ethyl adjacent to an activating group) is 1. The predicted octanol–water partition coefficient (Wildman–Crippen LogP) is 1.04. The summed E-state index contributed by atoms with van der Waals surface area (Å²) in [5.74, 6) is -4.77. The molecule has 1 atom stereocenters. The van der Waals surface area contributed by atoms with Crippen molar-refractivity contribution in [1.82, 2.24) is 15.2 Å². The fourth-order valence-corrected chi connectivity index (χ4v) is 4.22. The Morgan fingerprint density at radius 1 is 1.28 bits per heavy atom. The van der Waals surface area contributed by atoms with Gasteiger partial charge in [-0.2, -0.15) is 14.0 Å². The Kier molecular flexibility index (Phi) is 8.03. The number of halogens is 2. The highest BCUT2D eigenvalue weighted by atomic mass is 32.2. The maximum Gasteiger partial charge on any atom is 0.387 e. The number of benzene rings is 1. The zero-order chi connectivity index (χ0) is 23.9. The van der Waals surface area contributed by atoms with Crippen LogP contribution >= 0.6 is 0 Å². The van der Waals surface area contributed by atoms with Gasteiger partial charge in [-0.05, 0) is 18.2 Å². The molecule has 0 saturated heterocycles. The average molecular weight is 468 g/mol. The minimum atomic E-state index is -4.19. The predicted molar refractivity (Wildman–Crippen MR) is 106 cm³/mol. The number of nitrogens with zero attached hydrogens (tertiary/aromatic N) is 3. The Hall–Kier alpha value is -3.79. The van der Waals surface area contributed by atoms with Crippen LogP contribution in [0.5, 0.6) is 11.6 Å². The number of rotatable bonds is 9. The van der Waals surface area contributed by atoms with Crippen LogP contribution in [0.15, 0.2) is 42.6 Å². The molecule has 0 fully saturated rings. The van der Waals surface area contributed by atoms with Gasteiger partial charge in [0.1, 0.15) is 17.4 Å². The van der Waals surface area contributed by atoms with Gasteiger partial charge < -0.3 is 15.2 Å². The third-order valence-electron chi connectivity index (χ3n) is 4.10. The van der Waals surface area contributed by atoms with Crippen LogP contribution in [0.4, 0.5) is 8.78 Å². The van der Waals surface area contributed by atoms with Crippen LogP contribution in [0.3, 0.4) is 0 Å². The first kappa shape index (κ1) is 24.5. The summed E-state index contributed by atoms with van der Waals surface area (Å²) in [6.07, 6.45) is 2.72. The second kappa shape index (κ2) is 10.5. The van der Waals surface area contributed by atoms with Crippen LogP contribution in [0.1, 0.15) is 15.9 Å². The van der Waals surface area contributed by atoms with Crippen LogP contribution in [0.25, 0.3) is 0 Å². The van der Waals surface area contributed by atoms with Crippen LogP contribution in [0.2, 0.25) is 0 Å². The summed E-state index contributed by atoms with van der Waals surface area (Å²) in [6.45, 7) is -3.18. The quantitative estimate of drug-likeness (QED) is 0.409. The normalized spacial score (nSPS) is 12.0. The number of ether oxygens (including phenoxy) is 1. The highest BCUT2D eigenvalue weighted by Crippen LogP contribution is 2.23. The first-order chi connectivity index (χ1) is 15.0. The van der Waals surface area contributed by atoms with E-state index in [-0.39, 0.29) is 16.9 Å². The highest BCUT2D eigenvalue weighted by molar-refractivity contribution is 7.90. The molecule has 0 spiro atoms. The van der Waals surface area contributed by atoms with Crippen LogP contribution < -0.4 is 10.1 Å². The number of carbonyl (C=O) groups is 2. The van der Waals surface area contributed by atoms with Crippen molar-refractivity contribution in [2.75, 3.05) is 12.8 Å². The van der Waals surface area contributed by atoms with Crippen molar-refractivity contribution < 1.29 is 36.6 Å². The van der Waals surface area contributed by atoms with E-state index in [2.05, 4.69) is 15.0 Å². The largest absolute Gasteiger partial charge is 0.493 e. The number of para-hydroxylation sites is 1. The third kappa shape index (κ3) is 6.61. The summed E-state index contributed by atoms with van der Waals surface area (Å²) in [4.78, 5) is 29.0. The monoisotopic (exact) mass is 468 g/mol. The fraction of sp³-hybridized carbons (Fsp3) is 0.263. The second-order valence-electron chi connectivity index (χ2n) is 6.44. The van der Waals surface area contributed by atoms with Crippen LogP contribution in [-0.4, -0.2) is 60.7 Å². The number of hydrogen-bond donors (Lipinski definition) is 2. The molecule has 170 valence electrons. The molecule has 0 aliphatic rings. The lowest BCUT2D eigenvalue weighted by atomic mass is 10.2. The number of nitriles is 1. The Morgan fingerprint density at radius 2 is 1.97 bits per heavy atom. The molecule has 2 N–H and O–H groups in total. The SMILES string of the molecule is CN(C#N)C(=O)[C@H](CS(=O)(=O)Cc1ccccc1OC(F)F)NC(=O)c1cccnc1O. The summed E-state index contributed by atoms with van der Waals surface area (Å²) >= 11 is 0. The number of amides is 2. The second-order valence-corrected chi connectivity index (χ2v) is 8.55. The molecule has 1 heterocycles. The lowest BCUT2D eigenvalue weighted by Gasteiger charge is -2.20. The molecule has 10 nitrogen and oxygen atoms in total. The average Bonchev–Trinajstić information content (AvgIpc) is 2.73. The number of carbonyl (C=O) groups excluding carboxylic acids is 2. The van der Waals surface area contributed by atoms with Crippen molar-refractivity contribution in [3.8, 4) is 17.8 Å². The van der Waals surface area contributed by atoms with Gasteiger partial charge >= 0.3 is 6.61 Å². The number of nitrogens with one attached hydrogen (secondary N) is 1. The first-order valence-electron chi connectivity index (χ1n) is 8.89. The number of pyridine rings is 1. The molecule has 0 aliphatic carbocycles. The molecule has 2 rings (SSSR count). The van der Waals surface area contributed by atoms with Crippen molar-refractivity contribution in [3.05, 3.63) is 53.7 Å². The topological polar surface area (TPSA) is 150 Å². The molecule has 0 aliphatic heterocycles. The van der Waals surface area contributed by atoms with E-state index in [0.717, 1.165) is 13.1 Å². The molecule has 13 heteroatoms. The van der Waals surface area contributed by atoms with Gasteiger partial charge in [-0.1, -0.05) is 18.2 Å². The van der Waals surface area contributed by atoms with Crippen molar-refractivity contribution in [2.24, 2.45) is 0 Å². The van der Waals surface area contributed by atoms with E-state index < -0.39 is 51.7 Å². The molecule has 2 aromatic rings. The van der Waals surface area contributed by atoms with Gasteiger partial charge in [-0.25, -0.2) is 13.4 Å². The highest BCUT2D eigenvalue weighted by Gasteiger charge is 2.31. The van der Waals surface area contributed by atoms with Crippen molar-refractivity contribution in [1.29, 1.82) is 5.26 Å². The minimum Gasteiger partial charge on any atom is -0.493 e. The summed E-state index contributed by atoms with van der Waals surface area (Å²) in [7, 11) is -3.12. The Balaban J connectivity index is 2.29. The molecular formula is C19H18F2N4O6S. The smallest absolute Gasteiger partial charge is 0.387 e. The minimum absolute atomic E-state index is 0.0798. The van der Waals surface area contributed by atoms with Crippen molar-refractivity contribution in [2.45, 2.75) is 18.4 Å². The van der Waals surface area contributed by atoms with Gasteiger partial charge in [0.15, 0.2) is 16.0 Å². The van der Waals surface area contributed by atoms with Gasteiger partial charge in [0.25, 0.3) is 11.8 Å². The molecular weight excluding hydrogens is 450 g/mol. The number of sulfone groups is 1. The van der Waals surface area contributed by atoms with Crippen molar-refractivity contribution >= 4 is 21.7 Å². The zero-order valence-corrected chi connectivity index (χ0v) is 17.4. The Labute approximate surface area is 182 Å². The number of hydrogen-bond acceptors (Lipinski definition) is 8. The standard InChI is InChI=1S/C19H18F2N4O6S/c1-25(11-22)18(28)14(24-17(27)13-6-4-8-23-16(13)26)10-32(29,30)9-12-5-2-3-7-15(12)31-19(20)21/h2-8,14,19H,9-10H2,1H3,(H,23,26)(H,24,27)/t14-/m0/s1. The third-order valence-corrected chi connectivity index (χ3v) is 5.69. The van der Waals surface area contributed by atoms with Crippen molar-refractivity contribution in [3.63, 3.8) is 0 Å². The lowest BCUT2D eigenvalue weighted by Crippen LogP contribution is -2.50. The lowest BCUT2D eigenvalue weighted by molar-refractivity contribution is -0.128. The van der Waals surface area contributed by atoms with E-state index in [4.69, 9.17) is 5.26 Å². The van der Waals surface area contributed by atoms with E-state index in [1.165, 1.54) is 42.7 Å². The Morgan fingerprint density at radius 3 is 2.59 bits per heavy atom. The van der Waals surface area contributed by atoms with E-state index in [1.807, 2.05) is 0 Å². The Bertz CT molecular complexity index is 1140. The van der Waals surface area contributed by atoms with Gasteiger partial charge in [-0.15, -0.1) is 0 Å². The first-order valence-corrected chi connectivity index (χ1v) is 10.7. The molecule has 0 saturated carbocycles. The maximum atomic E-state index is 12.7. The van der Waals surface area contributed by atoms with E-state index in [9.17, 15) is 31.9 Å². The summed E-state index contributed by atoms with van der Waals surface area (Å²) in [5.41, 5.74) is -0.401. The zero-order valence-electron chi connectivity index (χ0n) is 16.6. The summed E-state index contributed by atoms with van der Waals surface area (Å²) in [6, 6.07) is 6.05. The molecule has 32 heavy (non-hydrogen) atoms. The number of alkyl halides is 2. The number of aromatic hydroxyl groups is 1. The molecule has 0 radical (unpaired) electrons. The van der Waals surface area contributed by atoms with Crippen LogP contribution in [0, 0.1) is 11.5 Å². The molecule has 1 aromatic heterocycles. The van der Waals surface area contributed by atoms with Gasteiger partial charge in [-0.3, -0.25) is 14.5 Å².